The van der Waals surface area contributed by atoms with Gasteiger partial charge in [0.25, 0.3) is 5.91 Å². The van der Waals surface area contributed by atoms with Gasteiger partial charge < -0.3 is 15.2 Å². The molecule has 1 heterocycles. The smallest absolute Gasteiger partial charge is 0.306 e. The van der Waals surface area contributed by atoms with Crippen LogP contribution in [0.4, 0.5) is 0 Å². The first kappa shape index (κ1) is 24.0. The number of fused-ring (bicyclic) bond motifs is 1. The van der Waals surface area contributed by atoms with Crippen LogP contribution in [0.2, 0.25) is 0 Å². The number of hydrogen-bond acceptors (Lipinski definition) is 5. The highest BCUT2D eigenvalue weighted by Gasteiger charge is 2.26. The highest BCUT2D eigenvalue weighted by molar-refractivity contribution is 7.20. The van der Waals surface area contributed by atoms with Crippen molar-refractivity contribution < 1.29 is 24.2 Å². The number of hydrogen-bond donors (Lipinski definition) is 2. The maximum absolute atomic E-state index is 12.5. The van der Waals surface area contributed by atoms with Crippen molar-refractivity contribution in [2.45, 2.75) is 51.6 Å². The lowest BCUT2D eigenvalue weighted by Gasteiger charge is -2.26. The van der Waals surface area contributed by atoms with E-state index in [0.717, 1.165) is 22.9 Å². The molecule has 0 atom stereocenters. The number of carbonyl (C=O) groups is 3. The van der Waals surface area contributed by atoms with E-state index in [2.05, 4.69) is 11.4 Å². The summed E-state index contributed by atoms with van der Waals surface area (Å²) < 4.78 is 7.06. The molecule has 4 rings (SSSR count). The molecule has 0 radical (unpaired) electrons. The fourth-order valence-corrected chi connectivity index (χ4v) is 5.35. The van der Waals surface area contributed by atoms with Crippen LogP contribution in [-0.4, -0.2) is 35.4 Å². The van der Waals surface area contributed by atoms with Crippen LogP contribution in [0.25, 0.3) is 10.1 Å². The quantitative estimate of drug-likeness (QED) is 0.307. The summed E-state index contributed by atoms with van der Waals surface area (Å²) in [7, 11) is 0. The van der Waals surface area contributed by atoms with Gasteiger partial charge in [-0.05, 0) is 86.4 Å². The minimum atomic E-state index is -0.726. The lowest BCUT2D eigenvalue weighted by Crippen LogP contribution is -2.27. The number of carbonyl (C=O) groups excluding carboxylic acids is 2. The van der Waals surface area contributed by atoms with Crippen LogP contribution in [0.15, 0.2) is 48.5 Å². The van der Waals surface area contributed by atoms with Crippen LogP contribution in [0.1, 0.15) is 64.1 Å². The molecule has 0 bridgehead atoms. The van der Waals surface area contributed by atoms with Crippen LogP contribution in [-0.2, 0) is 4.79 Å². The lowest BCUT2D eigenvalue weighted by atomic mass is 9.87. The van der Waals surface area contributed by atoms with Crippen LogP contribution in [0.5, 0.6) is 5.75 Å². The number of rotatable bonds is 9. The summed E-state index contributed by atoms with van der Waals surface area (Å²) in [4.78, 5) is 36.7. The standard InChI is InChI=1S/C27H29NO5S/c1-17-4-5-20-16-25(34-24(20)15-17)26(30)28-14-2-3-23(29)18-6-10-21(11-7-18)33-22-12-8-19(9-13-22)27(31)32/h4-7,10-11,15-16,19,22H,2-3,8-9,12-14H2,1H3,(H,28,30)(H,31,32). The Balaban J connectivity index is 1.19. The molecular formula is C27H29NO5S. The average molecular weight is 480 g/mol. The highest BCUT2D eigenvalue weighted by atomic mass is 32.1. The number of thiophene rings is 1. The molecule has 1 aliphatic carbocycles. The number of amides is 1. The molecule has 178 valence electrons. The van der Waals surface area contributed by atoms with Crippen molar-refractivity contribution in [2.75, 3.05) is 6.54 Å². The number of ketones is 1. The van der Waals surface area contributed by atoms with Crippen LogP contribution >= 0.6 is 11.3 Å². The van der Waals surface area contributed by atoms with E-state index in [1.807, 2.05) is 25.1 Å². The van der Waals surface area contributed by atoms with Crippen LogP contribution in [0.3, 0.4) is 0 Å². The first-order valence-corrected chi connectivity index (χ1v) is 12.5. The zero-order valence-electron chi connectivity index (χ0n) is 19.2. The second-order valence-corrected chi connectivity index (χ2v) is 9.97. The van der Waals surface area contributed by atoms with Gasteiger partial charge in [-0.2, -0.15) is 0 Å². The SMILES string of the molecule is Cc1ccc2cc(C(=O)NCCCC(=O)c3ccc(OC4CCC(C(=O)O)CC4)cc3)sc2c1. The van der Waals surface area contributed by atoms with E-state index >= 15 is 0 Å². The summed E-state index contributed by atoms with van der Waals surface area (Å²) in [6.07, 6.45) is 3.66. The van der Waals surface area contributed by atoms with E-state index in [4.69, 9.17) is 9.84 Å². The van der Waals surface area contributed by atoms with Gasteiger partial charge in [-0.3, -0.25) is 14.4 Å². The summed E-state index contributed by atoms with van der Waals surface area (Å²) in [6, 6.07) is 15.2. The molecule has 1 aromatic heterocycles. The van der Waals surface area contributed by atoms with E-state index in [9.17, 15) is 14.4 Å². The second kappa shape index (κ2) is 10.8. The number of Topliss-reactive ketones (excluding diaryl/α,β-unsaturated/α-hetero) is 1. The molecule has 0 spiro atoms. The molecule has 2 aromatic carbocycles. The zero-order valence-corrected chi connectivity index (χ0v) is 20.0. The van der Waals surface area contributed by atoms with Gasteiger partial charge >= 0.3 is 5.97 Å². The van der Waals surface area contributed by atoms with Gasteiger partial charge in [0.1, 0.15) is 5.75 Å². The van der Waals surface area contributed by atoms with Crippen LogP contribution < -0.4 is 10.1 Å². The van der Waals surface area contributed by atoms with Crippen molar-refractivity contribution in [1.29, 1.82) is 0 Å². The lowest BCUT2D eigenvalue weighted by molar-refractivity contribution is -0.143. The van der Waals surface area contributed by atoms with E-state index in [1.54, 1.807) is 24.3 Å². The van der Waals surface area contributed by atoms with Gasteiger partial charge in [0.05, 0.1) is 16.9 Å². The summed E-state index contributed by atoms with van der Waals surface area (Å²) in [5, 5.41) is 13.1. The average Bonchev–Trinajstić information content (AvgIpc) is 3.26. The Morgan fingerprint density at radius 3 is 2.47 bits per heavy atom. The minimum absolute atomic E-state index is 0.0192. The number of benzene rings is 2. The Bertz CT molecular complexity index is 1180. The fraction of sp³-hybridized carbons (Fsp3) is 0.370. The number of carboxylic acids is 1. The maximum Gasteiger partial charge on any atom is 0.306 e. The summed E-state index contributed by atoms with van der Waals surface area (Å²) >= 11 is 1.48. The molecule has 3 aromatic rings. The third-order valence-corrected chi connectivity index (χ3v) is 7.36. The van der Waals surface area contributed by atoms with Gasteiger partial charge in [0.15, 0.2) is 5.78 Å². The molecule has 6 nitrogen and oxygen atoms in total. The van der Waals surface area contributed by atoms with E-state index in [0.29, 0.717) is 48.4 Å². The Morgan fingerprint density at radius 2 is 1.76 bits per heavy atom. The minimum Gasteiger partial charge on any atom is -0.490 e. The van der Waals surface area contributed by atoms with Crippen molar-refractivity contribution in [2.24, 2.45) is 5.92 Å². The fourth-order valence-electron chi connectivity index (χ4n) is 4.27. The van der Waals surface area contributed by atoms with Crippen molar-refractivity contribution in [3.8, 4) is 5.75 Å². The highest BCUT2D eigenvalue weighted by Crippen LogP contribution is 2.28. The van der Waals surface area contributed by atoms with Crippen LogP contribution in [0, 0.1) is 12.8 Å². The Hall–Kier alpha value is -3.19. The number of aryl methyl sites for hydroxylation is 1. The van der Waals surface area contributed by atoms with E-state index < -0.39 is 5.97 Å². The molecule has 34 heavy (non-hydrogen) atoms. The largest absolute Gasteiger partial charge is 0.490 e. The van der Waals surface area contributed by atoms with Gasteiger partial charge in [-0.15, -0.1) is 11.3 Å². The summed E-state index contributed by atoms with van der Waals surface area (Å²) in [6.45, 7) is 2.48. The second-order valence-electron chi connectivity index (χ2n) is 8.89. The molecule has 0 saturated heterocycles. The first-order chi connectivity index (χ1) is 16.4. The Labute approximate surface area is 202 Å². The number of ether oxygens (including phenoxy) is 1. The molecule has 1 fully saturated rings. The molecule has 1 aliphatic rings. The normalized spacial score (nSPS) is 17.9. The van der Waals surface area contributed by atoms with Crippen molar-refractivity contribution in [1.82, 2.24) is 5.32 Å². The number of nitrogens with one attached hydrogen (secondary N) is 1. The van der Waals surface area contributed by atoms with Gasteiger partial charge in [-0.25, -0.2) is 0 Å². The first-order valence-electron chi connectivity index (χ1n) is 11.7. The third kappa shape index (κ3) is 6.03. The zero-order chi connectivity index (χ0) is 24.1. The van der Waals surface area contributed by atoms with E-state index in [-0.39, 0.29) is 23.7 Å². The Kier molecular flexibility index (Phi) is 7.63. The third-order valence-electron chi connectivity index (χ3n) is 6.27. The molecule has 0 unspecified atom stereocenters. The maximum atomic E-state index is 12.5. The Morgan fingerprint density at radius 1 is 1.03 bits per heavy atom. The van der Waals surface area contributed by atoms with Crippen molar-refractivity contribution >= 4 is 39.1 Å². The topological polar surface area (TPSA) is 92.7 Å². The molecule has 2 N–H and O–H groups in total. The monoisotopic (exact) mass is 479 g/mol. The molecule has 1 saturated carbocycles. The predicted octanol–water partition coefficient (Wildman–Crippen LogP) is 5.62. The molecule has 0 aliphatic heterocycles. The molecule has 1 amide bonds. The number of carboxylic acid groups (broad SMARTS) is 1. The molecule has 7 heteroatoms. The molecular weight excluding hydrogens is 450 g/mol. The number of aliphatic carboxylic acids is 1. The van der Waals surface area contributed by atoms with E-state index in [1.165, 1.54) is 16.9 Å². The van der Waals surface area contributed by atoms with Gasteiger partial charge in [0.2, 0.25) is 0 Å². The predicted molar refractivity (Wildman–Crippen MR) is 133 cm³/mol. The van der Waals surface area contributed by atoms with Crippen molar-refractivity contribution in [3.05, 3.63) is 64.5 Å². The van der Waals surface area contributed by atoms with Gasteiger partial charge in [0, 0.05) is 23.2 Å². The van der Waals surface area contributed by atoms with Crippen molar-refractivity contribution in [3.63, 3.8) is 0 Å². The summed E-state index contributed by atoms with van der Waals surface area (Å²) in [5.41, 5.74) is 1.79. The van der Waals surface area contributed by atoms with Gasteiger partial charge in [-0.1, -0.05) is 12.1 Å². The summed E-state index contributed by atoms with van der Waals surface area (Å²) in [5.74, 6) is -0.374.